The molecule has 12 rings (SSSR count). The second kappa shape index (κ2) is 21.0. The fraction of sp³-hybridized carbons (Fsp3) is 0.500. The van der Waals surface area contributed by atoms with E-state index in [0.29, 0.717) is 86.9 Å². The van der Waals surface area contributed by atoms with Crippen LogP contribution in [0.4, 0.5) is 43.8 Å². The van der Waals surface area contributed by atoms with Crippen molar-refractivity contribution in [1.82, 2.24) is 59.6 Å². The molecule has 6 aromatic heterocycles. The fourth-order valence-electron chi connectivity index (χ4n) is 11.3. The molecular formula is C54H63F6N15O3. The summed E-state index contributed by atoms with van der Waals surface area (Å²) in [4.78, 5) is 75.7. The van der Waals surface area contributed by atoms with Crippen LogP contribution in [0.25, 0.3) is 33.1 Å². The highest BCUT2D eigenvalue weighted by Gasteiger charge is 2.60. The van der Waals surface area contributed by atoms with E-state index in [1.807, 2.05) is 20.8 Å². The highest BCUT2D eigenvalue weighted by atomic mass is 19.3. The van der Waals surface area contributed by atoms with Crippen LogP contribution in [0, 0.1) is 0 Å². The van der Waals surface area contributed by atoms with Crippen molar-refractivity contribution in [3.05, 3.63) is 92.2 Å². The van der Waals surface area contributed by atoms with E-state index in [1.165, 1.54) is 37.2 Å². The Kier molecular flexibility index (Phi) is 14.5. The summed E-state index contributed by atoms with van der Waals surface area (Å²) in [5.74, 6) is -9.00. The number of carbonyl (C=O) groups excluding carboxylic acids is 3. The van der Waals surface area contributed by atoms with Gasteiger partial charge in [0.05, 0.1) is 33.9 Å². The maximum Gasteiger partial charge on any atom is 0.256 e. The summed E-state index contributed by atoms with van der Waals surface area (Å²) in [7, 11) is 0. The topological polar surface area (TPSA) is 222 Å². The van der Waals surface area contributed by atoms with Gasteiger partial charge in [-0.15, -0.1) is 0 Å². The smallest absolute Gasteiger partial charge is 0.256 e. The minimum atomic E-state index is -2.66. The van der Waals surface area contributed by atoms with Crippen molar-refractivity contribution < 1.29 is 40.7 Å². The lowest BCUT2D eigenvalue weighted by Crippen LogP contribution is -2.49. The molecule has 3 amide bonds. The number of halogens is 6. The number of hydrogen-bond donors (Lipinski definition) is 6. The predicted molar refractivity (Wildman–Crippen MR) is 283 cm³/mol. The van der Waals surface area contributed by atoms with Crippen LogP contribution >= 0.6 is 0 Å². The van der Waals surface area contributed by atoms with Crippen molar-refractivity contribution in [2.75, 3.05) is 35.6 Å². The van der Waals surface area contributed by atoms with Gasteiger partial charge in [0.2, 0.25) is 17.7 Å². The number of anilines is 3. The summed E-state index contributed by atoms with van der Waals surface area (Å²) in [5.41, 5.74) is 3.29. The lowest BCUT2D eigenvalue weighted by atomic mass is 9.99. The van der Waals surface area contributed by atoms with E-state index >= 15 is 0 Å². The molecule has 0 bridgehead atoms. The van der Waals surface area contributed by atoms with Crippen LogP contribution in [0.3, 0.4) is 0 Å². The van der Waals surface area contributed by atoms with Crippen LogP contribution < -0.4 is 16.0 Å². The first-order valence-electron chi connectivity index (χ1n) is 26.4. The summed E-state index contributed by atoms with van der Waals surface area (Å²) in [6, 6.07) is 0.438. The lowest BCUT2D eigenvalue weighted by molar-refractivity contribution is -0.130. The molecule has 0 spiro atoms. The molecule has 6 aromatic rings. The zero-order valence-corrected chi connectivity index (χ0v) is 43.5. The molecular weight excluding hydrogens is 1020 g/mol. The zero-order valence-electron chi connectivity index (χ0n) is 43.5. The molecule has 6 fully saturated rings. The third-order valence-electron chi connectivity index (χ3n) is 16.1. The second-order valence-electron chi connectivity index (χ2n) is 21.5. The van der Waals surface area contributed by atoms with Gasteiger partial charge in [-0.2, -0.15) is 0 Å². The van der Waals surface area contributed by atoms with Crippen molar-refractivity contribution in [3.8, 4) is 0 Å². The molecule has 6 aliphatic rings. The Hall–Kier alpha value is -7.53. The maximum absolute atomic E-state index is 13.6. The molecule has 6 N–H and O–H groups in total. The number of hydrogen-bond acceptors (Lipinski definition) is 12. The zero-order chi connectivity index (χ0) is 55.4. The van der Waals surface area contributed by atoms with Gasteiger partial charge in [-0.3, -0.25) is 14.4 Å². The van der Waals surface area contributed by atoms with Crippen molar-refractivity contribution in [3.63, 3.8) is 0 Å². The Labute approximate surface area is 445 Å². The number of fused-ring (bicyclic) bond motifs is 3. The second-order valence-corrected chi connectivity index (χ2v) is 21.5. The van der Waals surface area contributed by atoms with Gasteiger partial charge in [-0.25, -0.2) is 56.2 Å². The van der Waals surface area contributed by atoms with Crippen molar-refractivity contribution in [2.45, 2.75) is 150 Å². The standard InChI is InChI=1S/3C18H21F2N5O/c3*1-3-14(26)25-8-11(5-4-10(25)2)24-17-15-12(13-6-18(13,19)20)7-21-16(15)22-9-23-17/h3*3,7,9-11,13H,1,4-6,8H2,2H3,(H2,21,22,23,24)/t10-,11+,13?;10-,11+,13+;10-,11+,13-/m000/s1. The number of H-pyrrole nitrogens is 3. The van der Waals surface area contributed by atoms with Crippen LogP contribution in [0.2, 0.25) is 0 Å². The molecule has 9 atom stereocenters. The Morgan fingerprint density at radius 1 is 0.487 bits per heavy atom. The fourth-order valence-corrected chi connectivity index (χ4v) is 11.3. The Bertz CT molecular complexity index is 2930. The van der Waals surface area contributed by atoms with Gasteiger partial charge in [0.15, 0.2) is 0 Å². The van der Waals surface area contributed by atoms with Crippen molar-refractivity contribution in [1.29, 1.82) is 0 Å². The summed E-state index contributed by atoms with van der Waals surface area (Å²) in [5, 5.41) is 11.9. The van der Waals surface area contributed by atoms with Crippen LogP contribution in [-0.4, -0.2) is 151 Å². The molecule has 414 valence electrons. The molecule has 0 aromatic carbocycles. The van der Waals surface area contributed by atoms with Crippen LogP contribution in [0.15, 0.2) is 75.5 Å². The average Bonchev–Trinajstić information content (AvgIpc) is 4.37. The number of carbonyl (C=O) groups is 3. The van der Waals surface area contributed by atoms with E-state index in [2.05, 4.69) is 80.5 Å². The molecule has 18 nitrogen and oxygen atoms in total. The summed E-state index contributed by atoms with van der Waals surface area (Å²) in [6.45, 7) is 18.3. The molecule has 78 heavy (non-hydrogen) atoms. The number of aromatic nitrogens is 9. The quantitative estimate of drug-likeness (QED) is 0.0499. The predicted octanol–water partition coefficient (Wildman–Crippen LogP) is 9.17. The third kappa shape index (κ3) is 10.9. The molecule has 3 aliphatic heterocycles. The highest BCUT2D eigenvalue weighted by molar-refractivity contribution is 5.94. The first-order chi connectivity index (χ1) is 37.2. The maximum atomic E-state index is 13.6. The Balaban J connectivity index is 0.000000132. The molecule has 1 unspecified atom stereocenters. The van der Waals surface area contributed by atoms with Gasteiger partial charge in [-0.05, 0) is 94.2 Å². The monoisotopic (exact) mass is 1080 g/mol. The number of amides is 3. The first kappa shape index (κ1) is 53.9. The largest absolute Gasteiger partial charge is 0.365 e. The van der Waals surface area contributed by atoms with Crippen LogP contribution in [0.5, 0.6) is 0 Å². The molecule has 0 radical (unpaired) electrons. The van der Waals surface area contributed by atoms with Crippen molar-refractivity contribution >= 4 is 68.3 Å². The number of aromatic amines is 3. The van der Waals surface area contributed by atoms with E-state index in [0.717, 1.165) is 38.5 Å². The van der Waals surface area contributed by atoms with E-state index in [1.54, 1.807) is 33.3 Å². The van der Waals surface area contributed by atoms with E-state index in [-0.39, 0.29) is 73.2 Å². The molecule has 3 aliphatic carbocycles. The van der Waals surface area contributed by atoms with Gasteiger partial charge in [0, 0.05) is 93.7 Å². The van der Waals surface area contributed by atoms with Gasteiger partial charge in [0.25, 0.3) is 17.8 Å². The Morgan fingerprint density at radius 2 is 0.744 bits per heavy atom. The van der Waals surface area contributed by atoms with Gasteiger partial charge in [-0.1, -0.05) is 19.7 Å². The number of alkyl halides is 6. The van der Waals surface area contributed by atoms with Crippen LogP contribution in [-0.2, 0) is 14.4 Å². The number of piperidine rings is 3. The first-order valence-corrected chi connectivity index (χ1v) is 26.4. The minimum absolute atomic E-state index is 0.00402. The van der Waals surface area contributed by atoms with Gasteiger partial charge in [0.1, 0.15) is 53.4 Å². The molecule has 24 heteroatoms. The summed E-state index contributed by atoms with van der Waals surface area (Å²) < 4.78 is 81.4. The highest BCUT2D eigenvalue weighted by Crippen LogP contribution is 2.59. The molecule has 3 saturated heterocycles. The SMILES string of the molecule is C=CC(=O)N1C[C@H](Nc2ncnc3[nH]cc(C4CC4(F)F)c23)CC[C@@H]1C.C=CC(=O)N1C[C@H](Nc2ncnc3[nH]cc([C@@H]4CC4(F)F)c23)CC[C@@H]1C.C=CC(=O)N1C[C@H](Nc2ncnc3[nH]cc([C@H]4CC4(F)F)c23)CC[C@@H]1C. The van der Waals surface area contributed by atoms with Gasteiger partial charge < -0.3 is 45.6 Å². The molecule has 9 heterocycles. The minimum Gasteiger partial charge on any atom is -0.365 e. The van der Waals surface area contributed by atoms with Gasteiger partial charge >= 0.3 is 0 Å². The Morgan fingerprint density at radius 3 is 0.974 bits per heavy atom. The number of nitrogens with one attached hydrogen (secondary N) is 6. The number of nitrogens with zero attached hydrogens (tertiary/aromatic N) is 9. The number of likely N-dealkylation sites (tertiary alicyclic amines) is 3. The number of rotatable bonds is 12. The summed E-state index contributed by atoms with van der Waals surface area (Å²) >= 11 is 0. The normalized spacial score (nSPS) is 27.3. The third-order valence-corrected chi connectivity index (χ3v) is 16.1. The van der Waals surface area contributed by atoms with Crippen molar-refractivity contribution in [2.24, 2.45) is 0 Å². The average molecular weight is 1080 g/mol. The molecule has 3 saturated carbocycles. The van der Waals surface area contributed by atoms with Crippen LogP contribution in [0.1, 0.15) is 113 Å². The lowest BCUT2D eigenvalue weighted by Gasteiger charge is -2.38. The summed E-state index contributed by atoms with van der Waals surface area (Å²) in [6.07, 6.45) is 17.7. The van der Waals surface area contributed by atoms with E-state index in [9.17, 15) is 40.7 Å². The van der Waals surface area contributed by atoms with E-state index in [4.69, 9.17) is 0 Å². The van der Waals surface area contributed by atoms with E-state index < -0.39 is 35.5 Å².